The van der Waals surface area contributed by atoms with E-state index in [1.54, 1.807) is 13.8 Å². The first-order valence-electron chi connectivity index (χ1n) is 5.53. The number of aromatic nitrogens is 2. The number of aryl methyl sites for hydroxylation is 2. The van der Waals surface area contributed by atoms with Gasteiger partial charge >= 0.3 is 0 Å². The molecule has 0 atom stereocenters. The highest BCUT2D eigenvalue weighted by Gasteiger charge is 2.14. The molecule has 0 spiro atoms. The zero-order valence-corrected chi connectivity index (χ0v) is 11.1. The van der Waals surface area contributed by atoms with Crippen LogP contribution in [0.3, 0.4) is 0 Å². The number of hydrogen-bond donors (Lipinski definition) is 1. The van der Waals surface area contributed by atoms with Gasteiger partial charge < -0.3 is 5.32 Å². The van der Waals surface area contributed by atoms with E-state index < -0.39 is 5.82 Å². The highest BCUT2D eigenvalue weighted by atomic mass is 35.5. The zero-order chi connectivity index (χ0) is 14.0. The van der Waals surface area contributed by atoms with Crippen molar-refractivity contribution in [3.05, 3.63) is 52.3 Å². The van der Waals surface area contributed by atoms with Crippen LogP contribution in [0.15, 0.2) is 24.5 Å². The summed E-state index contributed by atoms with van der Waals surface area (Å²) in [7, 11) is 0. The topological polar surface area (TPSA) is 54.9 Å². The second kappa shape index (κ2) is 5.32. The predicted molar refractivity (Wildman–Crippen MR) is 70.9 cm³/mol. The van der Waals surface area contributed by atoms with E-state index in [-0.39, 0.29) is 10.9 Å². The molecule has 0 unspecified atom stereocenters. The molecule has 1 heterocycles. The summed E-state index contributed by atoms with van der Waals surface area (Å²) >= 11 is 5.65. The molecule has 0 saturated carbocycles. The van der Waals surface area contributed by atoms with E-state index in [1.165, 1.54) is 24.5 Å². The number of carbonyl (C=O) groups is 1. The van der Waals surface area contributed by atoms with E-state index in [0.717, 1.165) is 0 Å². The first-order chi connectivity index (χ1) is 8.99. The van der Waals surface area contributed by atoms with Crippen LogP contribution in [0.2, 0.25) is 5.02 Å². The summed E-state index contributed by atoms with van der Waals surface area (Å²) in [5, 5.41) is 2.59. The van der Waals surface area contributed by atoms with Gasteiger partial charge in [0.05, 0.1) is 22.0 Å². The third-order valence-corrected chi connectivity index (χ3v) is 2.92. The van der Waals surface area contributed by atoms with Crippen molar-refractivity contribution in [1.82, 2.24) is 9.97 Å². The number of rotatable bonds is 2. The third-order valence-electron chi connectivity index (χ3n) is 2.63. The van der Waals surface area contributed by atoms with E-state index >= 15 is 0 Å². The van der Waals surface area contributed by atoms with Gasteiger partial charge in [-0.1, -0.05) is 11.6 Å². The lowest BCUT2D eigenvalue weighted by Crippen LogP contribution is -2.16. The van der Waals surface area contributed by atoms with Gasteiger partial charge in [0, 0.05) is 5.69 Å². The minimum atomic E-state index is -0.532. The van der Waals surface area contributed by atoms with Crippen LogP contribution in [-0.4, -0.2) is 15.9 Å². The van der Waals surface area contributed by atoms with Crippen LogP contribution in [0.5, 0.6) is 0 Å². The molecular formula is C13H11ClFN3O. The summed E-state index contributed by atoms with van der Waals surface area (Å²) in [6.07, 6.45) is 1.40. The van der Waals surface area contributed by atoms with E-state index in [1.807, 2.05) is 0 Å². The van der Waals surface area contributed by atoms with Gasteiger partial charge in [0.25, 0.3) is 5.91 Å². The van der Waals surface area contributed by atoms with Crippen LogP contribution in [-0.2, 0) is 0 Å². The van der Waals surface area contributed by atoms with Crippen molar-refractivity contribution in [3.8, 4) is 0 Å². The summed E-state index contributed by atoms with van der Waals surface area (Å²) in [5.41, 5.74) is 1.98. The lowest BCUT2D eigenvalue weighted by atomic mass is 10.1. The van der Waals surface area contributed by atoms with Gasteiger partial charge in [0.15, 0.2) is 0 Å². The second-order valence-electron chi connectivity index (χ2n) is 4.00. The number of anilines is 1. The molecule has 1 aromatic carbocycles. The minimum absolute atomic E-state index is 0.0458. The number of hydrogen-bond acceptors (Lipinski definition) is 3. The standard InChI is InChI=1S/C13H11ClFN3O/c1-7-12(8(2)17-6-16-7)13(19)18-9-3-4-11(15)10(14)5-9/h3-6H,1-2H3,(H,18,19). The average Bonchev–Trinajstić information content (AvgIpc) is 2.33. The van der Waals surface area contributed by atoms with E-state index in [4.69, 9.17) is 11.6 Å². The van der Waals surface area contributed by atoms with Crippen molar-refractivity contribution in [2.75, 3.05) is 5.32 Å². The molecule has 2 rings (SSSR count). The van der Waals surface area contributed by atoms with Crippen molar-refractivity contribution >= 4 is 23.2 Å². The van der Waals surface area contributed by atoms with Crippen molar-refractivity contribution in [2.24, 2.45) is 0 Å². The van der Waals surface area contributed by atoms with Gasteiger partial charge in [-0.05, 0) is 32.0 Å². The molecule has 1 aromatic heterocycles. The Hall–Kier alpha value is -2.01. The Morgan fingerprint density at radius 3 is 2.47 bits per heavy atom. The first-order valence-corrected chi connectivity index (χ1v) is 5.91. The fraction of sp³-hybridized carbons (Fsp3) is 0.154. The number of amides is 1. The molecule has 1 amide bonds. The number of halogens is 2. The maximum Gasteiger partial charge on any atom is 0.259 e. The fourth-order valence-electron chi connectivity index (χ4n) is 1.69. The van der Waals surface area contributed by atoms with Crippen LogP contribution in [0, 0.1) is 19.7 Å². The van der Waals surface area contributed by atoms with Gasteiger partial charge in [0.2, 0.25) is 0 Å². The minimum Gasteiger partial charge on any atom is -0.322 e. The Morgan fingerprint density at radius 1 is 1.26 bits per heavy atom. The number of nitrogens with one attached hydrogen (secondary N) is 1. The molecule has 0 radical (unpaired) electrons. The molecule has 0 saturated heterocycles. The number of benzene rings is 1. The highest BCUT2D eigenvalue weighted by molar-refractivity contribution is 6.31. The van der Waals surface area contributed by atoms with E-state index in [2.05, 4.69) is 15.3 Å². The Kier molecular flexibility index (Phi) is 3.76. The van der Waals surface area contributed by atoms with Gasteiger partial charge in [-0.3, -0.25) is 4.79 Å². The molecule has 4 nitrogen and oxygen atoms in total. The van der Waals surface area contributed by atoms with Crippen molar-refractivity contribution in [1.29, 1.82) is 0 Å². The summed E-state index contributed by atoms with van der Waals surface area (Å²) < 4.78 is 13.0. The summed E-state index contributed by atoms with van der Waals surface area (Å²) in [6, 6.07) is 3.98. The third kappa shape index (κ3) is 2.88. The molecule has 1 N–H and O–H groups in total. The Balaban J connectivity index is 2.28. The van der Waals surface area contributed by atoms with Crippen molar-refractivity contribution in [2.45, 2.75) is 13.8 Å². The molecule has 19 heavy (non-hydrogen) atoms. The van der Waals surface area contributed by atoms with Gasteiger partial charge in [-0.15, -0.1) is 0 Å². The molecule has 0 aliphatic carbocycles. The molecule has 6 heteroatoms. The smallest absolute Gasteiger partial charge is 0.259 e. The van der Waals surface area contributed by atoms with Gasteiger partial charge in [-0.25, -0.2) is 14.4 Å². The Morgan fingerprint density at radius 2 is 1.89 bits per heavy atom. The molecule has 2 aromatic rings. The normalized spacial score (nSPS) is 10.3. The van der Waals surface area contributed by atoms with Crippen LogP contribution in [0.4, 0.5) is 10.1 Å². The monoisotopic (exact) mass is 279 g/mol. The Labute approximate surface area is 114 Å². The molecule has 0 aliphatic heterocycles. The Bertz CT molecular complexity index is 626. The maximum absolute atomic E-state index is 13.0. The average molecular weight is 280 g/mol. The highest BCUT2D eigenvalue weighted by Crippen LogP contribution is 2.20. The lowest BCUT2D eigenvalue weighted by molar-refractivity contribution is 0.102. The van der Waals surface area contributed by atoms with E-state index in [0.29, 0.717) is 22.6 Å². The molecule has 0 fully saturated rings. The van der Waals surface area contributed by atoms with Crippen molar-refractivity contribution in [3.63, 3.8) is 0 Å². The molecule has 0 aliphatic rings. The molecular weight excluding hydrogens is 269 g/mol. The van der Waals surface area contributed by atoms with Crippen LogP contribution >= 0.6 is 11.6 Å². The quantitative estimate of drug-likeness (QED) is 0.919. The lowest BCUT2D eigenvalue weighted by Gasteiger charge is -2.09. The molecule has 98 valence electrons. The maximum atomic E-state index is 13.0. The fourth-order valence-corrected chi connectivity index (χ4v) is 1.87. The van der Waals surface area contributed by atoms with Crippen molar-refractivity contribution < 1.29 is 9.18 Å². The largest absolute Gasteiger partial charge is 0.322 e. The second-order valence-corrected chi connectivity index (χ2v) is 4.41. The SMILES string of the molecule is Cc1ncnc(C)c1C(=O)Nc1ccc(F)c(Cl)c1. The number of carbonyl (C=O) groups excluding carboxylic acids is 1. The first kappa shape index (κ1) is 13.4. The summed E-state index contributed by atoms with van der Waals surface area (Å²) in [5.74, 6) is -0.881. The molecule has 0 bridgehead atoms. The van der Waals surface area contributed by atoms with Crippen LogP contribution in [0.1, 0.15) is 21.7 Å². The van der Waals surface area contributed by atoms with Crippen LogP contribution in [0.25, 0.3) is 0 Å². The van der Waals surface area contributed by atoms with Crippen LogP contribution < -0.4 is 5.32 Å². The van der Waals surface area contributed by atoms with Gasteiger partial charge in [-0.2, -0.15) is 0 Å². The summed E-state index contributed by atoms with van der Waals surface area (Å²) in [4.78, 5) is 20.1. The van der Waals surface area contributed by atoms with Gasteiger partial charge in [0.1, 0.15) is 12.1 Å². The predicted octanol–water partition coefficient (Wildman–Crippen LogP) is 3.14. The number of nitrogens with zero attached hydrogens (tertiary/aromatic N) is 2. The summed E-state index contributed by atoms with van der Waals surface area (Å²) in [6.45, 7) is 3.45. The van der Waals surface area contributed by atoms with E-state index in [9.17, 15) is 9.18 Å². The zero-order valence-electron chi connectivity index (χ0n) is 10.4.